The molecule has 0 bridgehead atoms. The van der Waals surface area contributed by atoms with Crippen LogP contribution in [0.2, 0.25) is 10.0 Å². The Balaban J connectivity index is 0.00000106. The van der Waals surface area contributed by atoms with Gasteiger partial charge in [-0.1, -0.05) is 63.0 Å². The third-order valence-corrected chi connectivity index (χ3v) is 7.29. The third-order valence-electron chi connectivity index (χ3n) is 6.66. The molecule has 40 heavy (non-hydrogen) atoms. The molecule has 1 amide bonds. The Morgan fingerprint density at radius 2 is 1.82 bits per heavy atom. The maximum atomic E-state index is 13.3. The van der Waals surface area contributed by atoms with Gasteiger partial charge in [0.15, 0.2) is 11.9 Å². The van der Waals surface area contributed by atoms with E-state index < -0.39 is 0 Å². The number of rotatable bonds is 5. The van der Waals surface area contributed by atoms with Crippen LogP contribution in [0.3, 0.4) is 0 Å². The quantitative estimate of drug-likeness (QED) is 0.321. The smallest absolute Gasteiger partial charge is 0.272 e. The van der Waals surface area contributed by atoms with Crippen molar-refractivity contribution in [1.82, 2.24) is 20.1 Å². The molecule has 1 atom stereocenters. The van der Waals surface area contributed by atoms with Gasteiger partial charge in [0, 0.05) is 36.3 Å². The van der Waals surface area contributed by atoms with Crippen LogP contribution < -0.4 is 21.8 Å². The van der Waals surface area contributed by atoms with E-state index in [1.165, 1.54) is 6.20 Å². The molecule has 2 aromatic carbocycles. The summed E-state index contributed by atoms with van der Waals surface area (Å²) in [6, 6.07) is 11.2. The first-order chi connectivity index (χ1) is 19.5. The van der Waals surface area contributed by atoms with Crippen LogP contribution in [0.5, 0.6) is 0 Å². The van der Waals surface area contributed by atoms with E-state index in [0.29, 0.717) is 59.4 Å². The summed E-state index contributed by atoms with van der Waals surface area (Å²) in [6.45, 7) is 10.8. The Labute approximate surface area is 247 Å². The number of hydrogen-bond donors (Lipinski definition) is 3. The molecule has 218 valence electrons. The molecule has 2 aliphatic heterocycles. The number of ether oxygens (including phenoxy) is 1. The first-order valence-electron chi connectivity index (χ1n) is 14.0. The fraction of sp³-hybridized carbons (Fsp3) is 0.448. The van der Waals surface area contributed by atoms with Crippen LogP contribution in [0.4, 0.5) is 5.69 Å². The molecule has 0 aliphatic carbocycles. The summed E-state index contributed by atoms with van der Waals surface area (Å²) in [5.41, 5.74) is 9.36. The lowest BCUT2D eigenvalue weighted by molar-refractivity contribution is -0.0368. The van der Waals surface area contributed by atoms with Crippen LogP contribution in [0.25, 0.3) is 10.9 Å². The number of anilines is 1. The normalized spacial score (nSPS) is 18.1. The number of carbonyl (C=O) groups is 1. The lowest BCUT2D eigenvalue weighted by Crippen LogP contribution is -2.48. The number of carbonyl (C=O) groups excluding carboxylic acids is 1. The molecular formula is C29H41Cl2N7O2. The summed E-state index contributed by atoms with van der Waals surface area (Å²) in [7, 11) is 0. The van der Waals surface area contributed by atoms with Gasteiger partial charge in [-0.15, -0.1) is 0 Å². The van der Waals surface area contributed by atoms with Gasteiger partial charge in [-0.3, -0.25) is 4.79 Å². The Kier molecular flexibility index (Phi) is 11.9. The number of halogens is 2. The van der Waals surface area contributed by atoms with Gasteiger partial charge in [0.1, 0.15) is 0 Å². The molecule has 5 N–H and O–H groups in total. The average Bonchev–Trinajstić information content (AvgIpc) is 3.40. The number of amides is 1. The highest BCUT2D eigenvalue weighted by Crippen LogP contribution is 2.38. The van der Waals surface area contributed by atoms with Crippen LogP contribution in [0.1, 0.15) is 69.2 Å². The minimum absolute atomic E-state index is 0.279. The Bertz CT molecular complexity index is 1290. The fourth-order valence-corrected chi connectivity index (χ4v) is 5.17. The molecule has 2 fully saturated rings. The Hall–Kier alpha value is -2.98. The molecule has 0 radical (unpaired) electrons. The van der Waals surface area contributed by atoms with E-state index in [2.05, 4.69) is 10.2 Å². The molecule has 2 saturated heterocycles. The minimum Gasteiger partial charge on any atom is -0.403 e. The second-order valence-corrected chi connectivity index (χ2v) is 9.81. The van der Waals surface area contributed by atoms with Crippen LogP contribution >= 0.6 is 23.2 Å². The number of nitrogens with one attached hydrogen (secondary N) is 1. The zero-order chi connectivity index (χ0) is 29.2. The largest absolute Gasteiger partial charge is 0.403 e. The van der Waals surface area contributed by atoms with Gasteiger partial charge in [0.2, 0.25) is 0 Å². The number of fused-ring (bicyclic) bond motifs is 1. The minimum atomic E-state index is -0.285. The van der Waals surface area contributed by atoms with Gasteiger partial charge in [0.25, 0.3) is 5.91 Å². The number of hydrogen-bond acceptors (Lipinski definition) is 7. The highest BCUT2D eigenvalue weighted by molar-refractivity contribution is 6.38. The van der Waals surface area contributed by atoms with Crippen LogP contribution in [0.15, 0.2) is 48.3 Å². The van der Waals surface area contributed by atoms with Gasteiger partial charge in [-0.2, -0.15) is 5.10 Å². The lowest BCUT2D eigenvalue weighted by Gasteiger charge is -2.37. The summed E-state index contributed by atoms with van der Waals surface area (Å²) in [5.74, 6) is 5.76. The van der Waals surface area contributed by atoms with E-state index in [9.17, 15) is 4.79 Å². The molecule has 5 rings (SSSR count). The number of aromatic nitrogens is 2. The van der Waals surface area contributed by atoms with Gasteiger partial charge in [-0.25, -0.2) is 10.5 Å². The highest BCUT2D eigenvalue weighted by Gasteiger charge is 2.28. The first-order valence-corrected chi connectivity index (χ1v) is 14.7. The fourth-order valence-electron chi connectivity index (χ4n) is 4.68. The molecule has 1 aromatic heterocycles. The van der Waals surface area contributed by atoms with E-state index in [-0.39, 0.29) is 12.1 Å². The van der Waals surface area contributed by atoms with Crippen molar-refractivity contribution in [1.29, 1.82) is 0 Å². The second-order valence-electron chi connectivity index (χ2n) is 8.99. The number of piperazine rings is 1. The van der Waals surface area contributed by atoms with Gasteiger partial charge in [0.05, 0.1) is 35.0 Å². The summed E-state index contributed by atoms with van der Waals surface area (Å²) in [4.78, 5) is 15.4. The van der Waals surface area contributed by atoms with Crippen molar-refractivity contribution in [2.24, 2.45) is 11.6 Å². The monoisotopic (exact) mass is 589 g/mol. The molecule has 2 aliphatic rings. The van der Waals surface area contributed by atoms with E-state index >= 15 is 0 Å². The van der Waals surface area contributed by atoms with E-state index in [4.69, 9.17) is 44.6 Å². The zero-order valence-corrected chi connectivity index (χ0v) is 25.3. The SMILES string of the molecule is CC.CC.N/C=C1/CN(c2ccc3c(C(=O)NCc4ccc(Cl)cc4)nn(C4CCCCO4)c3c2Cl)CCN1N. The van der Waals surface area contributed by atoms with E-state index in [0.717, 1.165) is 36.2 Å². The van der Waals surface area contributed by atoms with Crippen molar-refractivity contribution in [2.75, 3.05) is 31.1 Å². The molecule has 1 unspecified atom stereocenters. The van der Waals surface area contributed by atoms with E-state index in [1.807, 2.05) is 52.0 Å². The number of nitrogens with two attached hydrogens (primary N) is 2. The van der Waals surface area contributed by atoms with Crippen molar-refractivity contribution in [3.8, 4) is 0 Å². The average molecular weight is 591 g/mol. The lowest BCUT2D eigenvalue weighted by atomic mass is 10.1. The summed E-state index contributed by atoms with van der Waals surface area (Å²) in [6.07, 6.45) is 4.05. The van der Waals surface area contributed by atoms with Crippen molar-refractivity contribution in [3.05, 3.63) is 69.6 Å². The predicted molar refractivity (Wildman–Crippen MR) is 164 cm³/mol. The maximum absolute atomic E-state index is 13.3. The molecular weight excluding hydrogens is 549 g/mol. The third kappa shape index (κ3) is 7.01. The molecule has 3 heterocycles. The van der Waals surface area contributed by atoms with Crippen LogP contribution in [0, 0.1) is 0 Å². The van der Waals surface area contributed by atoms with Crippen molar-refractivity contribution in [3.63, 3.8) is 0 Å². The van der Waals surface area contributed by atoms with Crippen molar-refractivity contribution in [2.45, 2.75) is 59.7 Å². The number of hydrazine groups is 1. The first kappa shape index (κ1) is 31.5. The zero-order valence-electron chi connectivity index (χ0n) is 23.8. The van der Waals surface area contributed by atoms with Crippen LogP contribution in [-0.4, -0.2) is 46.9 Å². The van der Waals surface area contributed by atoms with Crippen molar-refractivity contribution >= 4 is 45.7 Å². The Morgan fingerprint density at radius 3 is 2.48 bits per heavy atom. The van der Waals surface area contributed by atoms with Crippen molar-refractivity contribution < 1.29 is 9.53 Å². The summed E-state index contributed by atoms with van der Waals surface area (Å²) < 4.78 is 7.80. The topological polar surface area (TPSA) is 115 Å². The highest BCUT2D eigenvalue weighted by atomic mass is 35.5. The van der Waals surface area contributed by atoms with Crippen LogP contribution in [-0.2, 0) is 11.3 Å². The molecule has 0 saturated carbocycles. The van der Waals surface area contributed by atoms with Gasteiger partial charge >= 0.3 is 0 Å². The second kappa shape index (κ2) is 15.1. The summed E-state index contributed by atoms with van der Waals surface area (Å²) in [5, 5.41) is 11.2. The van der Waals surface area contributed by atoms with E-state index in [1.54, 1.807) is 21.8 Å². The standard InChI is InChI=1S/C25H29Cl2N7O2.2C2H6/c26-17-6-4-16(5-7-17)14-30-25(35)23-19-8-9-20(32-10-11-33(29)18(13-28)15-32)22(27)24(19)34(31-23)21-3-1-2-12-36-21;2*1-2/h4-9,13,21H,1-3,10-12,14-15,28-29H2,(H,30,35);2*1-2H3/b18-13-;;. The Morgan fingerprint density at radius 1 is 1.10 bits per heavy atom. The molecule has 3 aromatic rings. The predicted octanol–water partition coefficient (Wildman–Crippen LogP) is 5.82. The summed E-state index contributed by atoms with van der Waals surface area (Å²) >= 11 is 13.0. The molecule has 9 nitrogen and oxygen atoms in total. The maximum Gasteiger partial charge on any atom is 0.272 e. The molecule has 11 heteroatoms. The van der Waals surface area contributed by atoms with Gasteiger partial charge in [-0.05, 0) is 49.1 Å². The van der Waals surface area contributed by atoms with Gasteiger partial charge < -0.3 is 25.7 Å². The molecule has 0 spiro atoms. The number of benzene rings is 2. The number of nitrogens with zero attached hydrogens (tertiary/aromatic N) is 4.